The molecule has 8 heteroatoms. The number of thiazole rings is 1. The van der Waals surface area contributed by atoms with Gasteiger partial charge in [0.15, 0.2) is 17.5 Å². The molecule has 2 N–H and O–H groups in total. The summed E-state index contributed by atoms with van der Waals surface area (Å²) >= 11 is 1.80. The van der Waals surface area contributed by atoms with Crippen molar-refractivity contribution >= 4 is 41.3 Å². The van der Waals surface area contributed by atoms with Gasteiger partial charge in [-0.15, -0.1) is 35.3 Å². The van der Waals surface area contributed by atoms with E-state index in [-0.39, 0.29) is 29.7 Å². The average molecular weight is 504 g/mol. The number of aromatic hydroxyl groups is 1. The predicted molar refractivity (Wildman–Crippen MR) is 119 cm³/mol. The number of fused-ring (bicyclic) bond motifs is 1. The topological polar surface area (TPSA) is 60.8 Å². The van der Waals surface area contributed by atoms with Crippen molar-refractivity contribution in [3.8, 4) is 5.75 Å². The fourth-order valence-corrected chi connectivity index (χ4v) is 4.25. The van der Waals surface area contributed by atoms with E-state index >= 15 is 0 Å². The summed E-state index contributed by atoms with van der Waals surface area (Å²) in [5.74, 6) is -0.201. The number of aryl methyl sites for hydroxylation is 2. The predicted octanol–water partition coefficient (Wildman–Crippen LogP) is 4.08. The number of nitrogens with zero attached hydrogens (tertiary/aromatic N) is 3. The molecule has 0 saturated carbocycles. The third-order valence-corrected chi connectivity index (χ3v) is 5.52. The normalized spacial score (nSPS) is 13.7. The lowest BCUT2D eigenvalue weighted by Gasteiger charge is -2.21. The zero-order chi connectivity index (χ0) is 18.5. The molecule has 0 unspecified atom stereocenters. The molecule has 5 nitrogen and oxygen atoms in total. The number of phenols is 1. The number of hydrogen-bond acceptors (Lipinski definition) is 4. The first-order chi connectivity index (χ1) is 12.6. The lowest BCUT2D eigenvalue weighted by molar-refractivity contribution is 0.431. The van der Waals surface area contributed by atoms with E-state index in [0.29, 0.717) is 18.7 Å². The van der Waals surface area contributed by atoms with Crippen LogP contribution in [0.5, 0.6) is 5.75 Å². The molecule has 0 amide bonds. The van der Waals surface area contributed by atoms with E-state index in [4.69, 9.17) is 4.98 Å². The number of halogens is 2. The number of hydrogen-bond donors (Lipinski definition) is 2. The Bertz CT molecular complexity index is 773. The van der Waals surface area contributed by atoms with Gasteiger partial charge in [-0.05, 0) is 50.3 Å². The van der Waals surface area contributed by atoms with Crippen LogP contribution >= 0.6 is 35.3 Å². The standard InChI is InChI=1S/C19H25FN4OS.HI/c1-3-21-19(22-11-13-8-9-16(25)14(20)10-13)24(2)12-18-23-15-6-4-5-7-17(15)26-18;/h8-10,25H,3-7,11-12H2,1-2H3,(H,21,22);1H. The van der Waals surface area contributed by atoms with Gasteiger partial charge in [0.25, 0.3) is 0 Å². The van der Waals surface area contributed by atoms with Crippen LogP contribution in [0.15, 0.2) is 23.2 Å². The van der Waals surface area contributed by atoms with Crippen LogP contribution in [0.2, 0.25) is 0 Å². The summed E-state index contributed by atoms with van der Waals surface area (Å²) in [6, 6.07) is 4.36. The Morgan fingerprint density at radius 3 is 2.85 bits per heavy atom. The second-order valence-corrected chi connectivity index (χ2v) is 7.66. The third-order valence-electron chi connectivity index (χ3n) is 4.38. The second-order valence-electron chi connectivity index (χ2n) is 6.50. The van der Waals surface area contributed by atoms with Crippen molar-refractivity contribution in [2.45, 2.75) is 45.7 Å². The first-order valence-corrected chi connectivity index (χ1v) is 9.82. The molecule has 0 radical (unpaired) electrons. The van der Waals surface area contributed by atoms with E-state index in [0.717, 1.165) is 30.4 Å². The lowest BCUT2D eigenvalue weighted by atomic mass is 10.0. The molecule has 3 rings (SSSR count). The summed E-state index contributed by atoms with van der Waals surface area (Å²) in [7, 11) is 1.99. The summed E-state index contributed by atoms with van der Waals surface area (Å²) in [6.07, 6.45) is 4.74. The van der Waals surface area contributed by atoms with Crippen LogP contribution in [-0.4, -0.2) is 34.5 Å². The summed E-state index contributed by atoms with van der Waals surface area (Å²) in [6.45, 7) is 3.82. The van der Waals surface area contributed by atoms with Gasteiger partial charge < -0.3 is 15.3 Å². The zero-order valence-electron chi connectivity index (χ0n) is 15.7. The minimum absolute atomic E-state index is 0. The van der Waals surface area contributed by atoms with Crippen molar-refractivity contribution in [1.82, 2.24) is 15.2 Å². The maximum absolute atomic E-state index is 13.5. The van der Waals surface area contributed by atoms with Crippen molar-refractivity contribution in [3.05, 3.63) is 45.2 Å². The lowest BCUT2D eigenvalue weighted by Crippen LogP contribution is -2.38. The Balaban J connectivity index is 0.00000261. The van der Waals surface area contributed by atoms with Crippen LogP contribution in [0.3, 0.4) is 0 Å². The van der Waals surface area contributed by atoms with Gasteiger partial charge >= 0.3 is 0 Å². The fraction of sp³-hybridized carbons (Fsp3) is 0.474. The SMILES string of the molecule is CCNC(=NCc1ccc(O)c(F)c1)N(C)Cc1nc2c(s1)CCCC2.I. The molecule has 1 aromatic heterocycles. The molecule has 0 spiro atoms. The molecular weight excluding hydrogens is 478 g/mol. The minimum Gasteiger partial charge on any atom is -0.505 e. The van der Waals surface area contributed by atoms with Gasteiger partial charge in [-0.1, -0.05) is 6.07 Å². The van der Waals surface area contributed by atoms with Crippen LogP contribution in [0.1, 0.15) is 40.9 Å². The Morgan fingerprint density at radius 1 is 1.37 bits per heavy atom. The minimum atomic E-state index is -0.621. The Kier molecular flexibility index (Phi) is 8.28. The molecule has 2 aromatic rings. The van der Waals surface area contributed by atoms with Crippen LogP contribution in [0, 0.1) is 5.82 Å². The van der Waals surface area contributed by atoms with E-state index < -0.39 is 5.82 Å². The summed E-state index contributed by atoms with van der Waals surface area (Å²) < 4.78 is 13.5. The molecule has 148 valence electrons. The maximum Gasteiger partial charge on any atom is 0.194 e. The smallest absolute Gasteiger partial charge is 0.194 e. The largest absolute Gasteiger partial charge is 0.505 e. The Morgan fingerprint density at radius 2 is 2.15 bits per heavy atom. The fourth-order valence-electron chi connectivity index (χ4n) is 3.04. The molecule has 0 aliphatic heterocycles. The zero-order valence-corrected chi connectivity index (χ0v) is 18.8. The van der Waals surface area contributed by atoms with E-state index in [1.165, 1.54) is 35.5 Å². The van der Waals surface area contributed by atoms with Crippen molar-refractivity contribution in [2.24, 2.45) is 4.99 Å². The molecule has 0 atom stereocenters. The number of aromatic nitrogens is 1. The Labute approximate surface area is 180 Å². The molecular formula is C19H26FIN4OS. The van der Waals surface area contributed by atoms with Crippen molar-refractivity contribution in [1.29, 1.82) is 0 Å². The van der Waals surface area contributed by atoms with Crippen LogP contribution in [-0.2, 0) is 25.9 Å². The van der Waals surface area contributed by atoms with E-state index in [9.17, 15) is 9.50 Å². The molecule has 1 aromatic carbocycles. The van der Waals surface area contributed by atoms with Crippen LogP contribution in [0.4, 0.5) is 4.39 Å². The van der Waals surface area contributed by atoms with Gasteiger partial charge in [-0.25, -0.2) is 14.4 Å². The maximum atomic E-state index is 13.5. The van der Waals surface area contributed by atoms with E-state index in [1.807, 2.05) is 18.9 Å². The highest BCUT2D eigenvalue weighted by molar-refractivity contribution is 14.0. The summed E-state index contributed by atoms with van der Waals surface area (Å²) in [5, 5.41) is 13.7. The van der Waals surface area contributed by atoms with Crippen molar-refractivity contribution in [3.63, 3.8) is 0 Å². The quantitative estimate of drug-likeness (QED) is 0.366. The number of nitrogens with one attached hydrogen (secondary N) is 1. The van der Waals surface area contributed by atoms with Crippen LogP contribution in [0.25, 0.3) is 0 Å². The number of benzene rings is 1. The second kappa shape index (κ2) is 10.2. The molecule has 27 heavy (non-hydrogen) atoms. The van der Waals surface area contributed by atoms with Gasteiger partial charge in [-0.3, -0.25) is 0 Å². The van der Waals surface area contributed by atoms with Gasteiger partial charge in [0.05, 0.1) is 18.8 Å². The molecule has 1 aliphatic rings. The number of guanidine groups is 1. The van der Waals surface area contributed by atoms with Gasteiger partial charge in [0.2, 0.25) is 0 Å². The molecule has 1 heterocycles. The van der Waals surface area contributed by atoms with E-state index in [2.05, 4.69) is 10.3 Å². The number of rotatable bonds is 5. The van der Waals surface area contributed by atoms with Crippen molar-refractivity contribution < 1.29 is 9.50 Å². The number of phenolic OH excluding ortho intramolecular Hbond substituents is 1. The van der Waals surface area contributed by atoms with Gasteiger partial charge in [0, 0.05) is 18.5 Å². The highest BCUT2D eigenvalue weighted by Gasteiger charge is 2.17. The molecule has 1 aliphatic carbocycles. The highest BCUT2D eigenvalue weighted by atomic mass is 127. The average Bonchev–Trinajstić information content (AvgIpc) is 3.03. The van der Waals surface area contributed by atoms with E-state index in [1.54, 1.807) is 17.4 Å². The monoisotopic (exact) mass is 504 g/mol. The molecule has 0 saturated heterocycles. The first-order valence-electron chi connectivity index (χ1n) is 9.01. The van der Waals surface area contributed by atoms with Gasteiger partial charge in [-0.2, -0.15) is 0 Å². The van der Waals surface area contributed by atoms with Crippen LogP contribution < -0.4 is 5.32 Å². The highest BCUT2D eigenvalue weighted by Crippen LogP contribution is 2.27. The van der Waals surface area contributed by atoms with Crippen molar-refractivity contribution in [2.75, 3.05) is 13.6 Å². The molecule has 0 bridgehead atoms. The third kappa shape index (κ3) is 5.78. The summed E-state index contributed by atoms with van der Waals surface area (Å²) in [5.41, 5.74) is 1.99. The Hall–Kier alpha value is -1.42. The van der Waals surface area contributed by atoms with Gasteiger partial charge in [0.1, 0.15) is 5.01 Å². The summed E-state index contributed by atoms with van der Waals surface area (Å²) in [4.78, 5) is 12.9. The first kappa shape index (κ1) is 21.9. The molecule has 0 fully saturated rings. The number of aliphatic imine (C=N–C) groups is 1.